The lowest BCUT2D eigenvalue weighted by molar-refractivity contribution is 0.602. The summed E-state index contributed by atoms with van der Waals surface area (Å²) in [5.41, 5.74) is 2.19. The zero-order valence-corrected chi connectivity index (χ0v) is 10.9. The Kier molecular flexibility index (Phi) is 3.39. The first-order chi connectivity index (χ1) is 8.48. The third-order valence-electron chi connectivity index (χ3n) is 2.57. The van der Waals surface area contributed by atoms with E-state index in [-0.39, 0.29) is 4.90 Å². The lowest BCUT2D eigenvalue weighted by atomic mass is 10.2. The van der Waals surface area contributed by atoms with Crippen molar-refractivity contribution in [2.75, 3.05) is 11.6 Å². The van der Waals surface area contributed by atoms with Gasteiger partial charge < -0.3 is 5.32 Å². The van der Waals surface area contributed by atoms with Gasteiger partial charge in [-0.2, -0.15) is 0 Å². The maximum atomic E-state index is 11.7. The Morgan fingerprint density at radius 2 is 1.50 bits per heavy atom. The highest BCUT2D eigenvalue weighted by Gasteiger charge is 2.12. The zero-order chi connectivity index (χ0) is 13.2. The van der Waals surface area contributed by atoms with Crippen molar-refractivity contribution in [1.29, 1.82) is 0 Å². The van der Waals surface area contributed by atoms with Crippen molar-refractivity contribution in [3.63, 3.8) is 0 Å². The first-order valence-electron chi connectivity index (χ1n) is 5.45. The van der Waals surface area contributed by atoms with Crippen molar-refractivity contribution in [1.82, 2.24) is 0 Å². The van der Waals surface area contributed by atoms with Crippen LogP contribution in [-0.4, -0.2) is 14.7 Å². The van der Waals surface area contributed by atoms with E-state index in [1.807, 2.05) is 24.3 Å². The van der Waals surface area contributed by atoms with Crippen LogP contribution in [0.2, 0.25) is 0 Å². The Balaban J connectivity index is 2.45. The van der Waals surface area contributed by atoms with E-state index in [4.69, 9.17) is 0 Å². The molecule has 0 aliphatic carbocycles. The molecule has 0 aliphatic heterocycles. The molecule has 0 fully saturated rings. The summed E-state index contributed by atoms with van der Waals surface area (Å²) in [5.74, 6) is 0. The van der Waals surface area contributed by atoms with E-state index in [1.54, 1.807) is 24.3 Å². The van der Waals surface area contributed by atoms with E-state index in [9.17, 15) is 8.42 Å². The fourth-order valence-corrected chi connectivity index (χ4v) is 2.52. The van der Waals surface area contributed by atoms with Crippen molar-refractivity contribution in [3.8, 4) is 0 Å². The predicted octanol–water partition coefficient (Wildman–Crippen LogP) is 3.02. The molecule has 0 spiro atoms. The van der Waals surface area contributed by atoms with Gasteiger partial charge in [0.15, 0.2) is 9.84 Å². The highest BCUT2D eigenvalue weighted by molar-refractivity contribution is 7.90. The third-order valence-corrected chi connectivity index (χ3v) is 3.73. The molecule has 0 aliphatic rings. The monoisotopic (exact) mass is 260 g/mol. The highest BCUT2D eigenvalue weighted by atomic mass is 32.2. The van der Waals surface area contributed by atoms with Gasteiger partial charge in [0.05, 0.1) is 10.6 Å². The molecule has 0 atom stereocenters. The molecule has 0 aromatic heterocycles. The number of benzene rings is 2. The molecule has 0 saturated carbocycles. The molecule has 1 radical (unpaired) electrons. The molecule has 2 rings (SSSR count). The minimum atomic E-state index is -3.25. The van der Waals surface area contributed by atoms with Crippen LogP contribution in [0.15, 0.2) is 53.4 Å². The van der Waals surface area contributed by atoms with Gasteiger partial charge in [-0.25, -0.2) is 8.42 Å². The molecular formula is C14H14NO2S. The van der Waals surface area contributed by atoms with Crippen molar-refractivity contribution >= 4 is 21.2 Å². The maximum absolute atomic E-state index is 11.7. The van der Waals surface area contributed by atoms with Crippen LogP contribution in [0.25, 0.3) is 0 Å². The summed E-state index contributed by atoms with van der Waals surface area (Å²) < 4.78 is 23.3. The molecule has 1 N–H and O–H groups in total. The van der Waals surface area contributed by atoms with Crippen molar-refractivity contribution in [2.24, 2.45) is 0 Å². The van der Waals surface area contributed by atoms with E-state index in [0.717, 1.165) is 11.3 Å². The number of anilines is 2. The summed E-state index contributed by atoms with van der Waals surface area (Å²) in [4.78, 5) is 0.285. The minimum absolute atomic E-state index is 0.285. The van der Waals surface area contributed by atoms with Gasteiger partial charge in [0.1, 0.15) is 0 Å². The van der Waals surface area contributed by atoms with Gasteiger partial charge in [-0.15, -0.1) is 0 Å². The number of sulfone groups is 1. The van der Waals surface area contributed by atoms with Gasteiger partial charge in [-0.1, -0.05) is 30.3 Å². The lowest BCUT2D eigenvalue weighted by Crippen LogP contribution is -2.03. The van der Waals surface area contributed by atoms with Crippen molar-refractivity contribution in [2.45, 2.75) is 4.90 Å². The summed E-state index contributed by atoms with van der Waals surface area (Å²) in [6, 6.07) is 14.3. The number of para-hydroxylation sites is 2. The number of nitrogens with one attached hydrogen (secondary N) is 1. The van der Waals surface area contributed by atoms with Gasteiger partial charge in [-0.3, -0.25) is 0 Å². The van der Waals surface area contributed by atoms with Crippen LogP contribution in [0.1, 0.15) is 5.56 Å². The second-order valence-electron chi connectivity index (χ2n) is 4.05. The predicted molar refractivity (Wildman–Crippen MR) is 73.7 cm³/mol. The van der Waals surface area contributed by atoms with E-state index >= 15 is 0 Å². The normalized spacial score (nSPS) is 11.2. The number of hydrogen-bond acceptors (Lipinski definition) is 3. The molecule has 0 amide bonds. The average Bonchev–Trinajstić information content (AvgIpc) is 2.31. The molecule has 93 valence electrons. The largest absolute Gasteiger partial charge is 0.354 e. The second kappa shape index (κ2) is 4.82. The topological polar surface area (TPSA) is 46.2 Å². The van der Waals surface area contributed by atoms with E-state index in [1.165, 1.54) is 6.26 Å². The quantitative estimate of drug-likeness (QED) is 0.922. The SMILES string of the molecule is [CH2]c1ccccc1Nc1ccccc1S(C)(=O)=O. The molecule has 4 heteroatoms. The van der Waals surface area contributed by atoms with Gasteiger partial charge in [0.25, 0.3) is 0 Å². The molecule has 2 aromatic carbocycles. The Morgan fingerprint density at radius 3 is 2.11 bits per heavy atom. The highest BCUT2D eigenvalue weighted by Crippen LogP contribution is 2.26. The van der Waals surface area contributed by atoms with E-state index < -0.39 is 9.84 Å². The molecule has 0 heterocycles. The summed E-state index contributed by atoms with van der Waals surface area (Å²) in [6.45, 7) is 3.90. The molecule has 3 nitrogen and oxygen atoms in total. The van der Waals surface area contributed by atoms with Crippen LogP contribution in [0.5, 0.6) is 0 Å². The molecule has 0 unspecified atom stereocenters. The van der Waals surface area contributed by atoms with Gasteiger partial charge in [0, 0.05) is 11.9 Å². The van der Waals surface area contributed by atoms with Crippen molar-refractivity contribution < 1.29 is 8.42 Å². The molecule has 2 aromatic rings. The lowest BCUT2D eigenvalue weighted by Gasteiger charge is -2.12. The zero-order valence-electron chi connectivity index (χ0n) is 10.1. The summed E-state index contributed by atoms with van der Waals surface area (Å²) in [7, 11) is -3.25. The third kappa shape index (κ3) is 2.71. The molecular weight excluding hydrogens is 246 g/mol. The van der Waals surface area contributed by atoms with Crippen LogP contribution in [-0.2, 0) is 9.84 Å². The van der Waals surface area contributed by atoms with Crippen LogP contribution in [0, 0.1) is 6.92 Å². The first-order valence-corrected chi connectivity index (χ1v) is 7.35. The molecule has 18 heavy (non-hydrogen) atoms. The maximum Gasteiger partial charge on any atom is 0.177 e. The number of hydrogen-bond donors (Lipinski definition) is 1. The Morgan fingerprint density at radius 1 is 0.944 bits per heavy atom. The summed E-state index contributed by atoms with van der Waals surface area (Å²) >= 11 is 0. The van der Waals surface area contributed by atoms with Crippen LogP contribution in [0.4, 0.5) is 11.4 Å². The minimum Gasteiger partial charge on any atom is -0.354 e. The van der Waals surface area contributed by atoms with Crippen LogP contribution >= 0.6 is 0 Å². The summed E-state index contributed by atoms with van der Waals surface area (Å²) in [6.07, 6.45) is 1.20. The van der Waals surface area contributed by atoms with Gasteiger partial charge in [-0.05, 0) is 30.7 Å². The summed E-state index contributed by atoms with van der Waals surface area (Å²) in [5, 5.41) is 3.11. The standard InChI is InChI=1S/C14H14NO2S/c1-11-7-3-4-8-12(11)15-13-9-5-6-10-14(13)18(2,16)17/h3-10,15H,1H2,2H3. The van der Waals surface area contributed by atoms with Crippen LogP contribution in [0.3, 0.4) is 0 Å². The van der Waals surface area contributed by atoms with Gasteiger partial charge in [0.2, 0.25) is 0 Å². The average molecular weight is 260 g/mol. The Labute approximate surface area is 107 Å². The second-order valence-corrected chi connectivity index (χ2v) is 6.03. The first kappa shape index (κ1) is 12.6. The smallest absolute Gasteiger partial charge is 0.177 e. The molecule has 0 bridgehead atoms. The fourth-order valence-electron chi connectivity index (χ4n) is 1.68. The Hall–Kier alpha value is -1.81. The fraction of sp³-hybridized carbons (Fsp3) is 0.0714. The molecule has 0 saturated heterocycles. The van der Waals surface area contributed by atoms with Gasteiger partial charge >= 0.3 is 0 Å². The van der Waals surface area contributed by atoms with E-state index in [2.05, 4.69) is 12.2 Å². The van der Waals surface area contributed by atoms with Crippen molar-refractivity contribution in [3.05, 3.63) is 61.0 Å². The van der Waals surface area contributed by atoms with Crippen LogP contribution < -0.4 is 5.32 Å². The number of rotatable bonds is 3. The van der Waals surface area contributed by atoms with E-state index in [0.29, 0.717) is 5.69 Å². The Bertz CT molecular complexity index is 663.